The van der Waals surface area contributed by atoms with E-state index in [0.29, 0.717) is 5.82 Å². The van der Waals surface area contributed by atoms with Crippen LogP contribution in [0.25, 0.3) is 11.3 Å². The molecule has 0 radical (unpaired) electrons. The standard InChI is InChI=1S/C11H11N3O.C2H4/c1-7-6-10(12)13-14-11(7)8-2-4-9(15)5-3-8;1-2/h2-6,15H,1H3,(H2,12,13);1-2H2. The highest BCUT2D eigenvalue weighted by Gasteiger charge is 2.04. The molecule has 17 heavy (non-hydrogen) atoms. The van der Waals surface area contributed by atoms with Crippen molar-refractivity contribution < 1.29 is 5.11 Å². The lowest BCUT2D eigenvalue weighted by Crippen LogP contribution is -1.97. The minimum atomic E-state index is 0.236. The largest absolute Gasteiger partial charge is 0.508 e. The minimum Gasteiger partial charge on any atom is -0.508 e. The van der Waals surface area contributed by atoms with Crippen molar-refractivity contribution in [2.45, 2.75) is 6.92 Å². The zero-order valence-corrected chi connectivity index (χ0v) is 9.72. The first-order chi connectivity index (χ1) is 8.16. The third-order valence-electron chi connectivity index (χ3n) is 2.14. The Bertz CT molecular complexity index is 495. The van der Waals surface area contributed by atoms with Gasteiger partial charge in [-0.2, -0.15) is 0 Å². The number of nitrogens with two attached hydrogens (primary N) is 1. The number of hydrogen-bond acceptors (Lipinski definition) is 4. The molecule has 4 heteroatoms. The number of hydrogen-bond donors (Lipinski definition) is 2. The molecular formula is C13H15N3O. The second-order valence-electron chi connectivity index (χ2n) is 3.35. The second-order valence-corrected chi connectivity index (χ2v) is 3.35. The van der Waals surface area contributed by atoms with Gasteiger partial charge in [0.2, 0.25) is 0 Å². The summed E-state index contributed by atoms with van der Waals surface area (Å²) < 4.78 is 0. The van der Waals surface area contributed by atoms with Crippen molar-refractivity contribution in [3.63, 3.8) is 0 Å². The number of phenolic OH excluding ortho intramolecular Hbond substituents is 1. The molecule has 0 aliphatic carbocycles. The molecule has 0 fully saturated rings. The summed E-state index contributed by atoms with van der Waals surface area (Å²) in [6, 6.07) is 8.60. The molecule has 2 aromatic rings. The van der Waals surface area contributed by atoms with Gasteiger partial charge in [-0.05, 0) is 42.8 Å². The monoisotopic (exact) mass is 229 g/mol. The molecular weight excluding hydrogens is 214 g/mol. The van der Waals surface area contributed by atoms with E-state index in [0.717, 1.165) is 16.8 Å². The number of anilines is 1. The number of aromatic hydroxyl groups is 1. The first kappa shape index (κ1) is 12.7. The Kier molecular flexibility index (Phi) is 4.22. The number of nitrogens with zero attached hydrogens (tertiary/aromatic N) is 2. The number of phenols is 1. The van der Waals surface area contributed by atoms with Crippen LogP contribution in [0.2, 0.25) is 0 Å². The van der Waals surface area contributed by atoms with Gasteiger partial charge in [0.05, 0.1) is 5.69 Å². The Morgan fingerprint density at radius 1 is 1.12 bits per heavy atom. The van der Waals surface area contributed by atoms with Crippen LogP contribution in [-0.2, 0) is 0 Å². The molecule has 88 valence electrons. The van der Waals surface area contributed by atoms with E-state index >= 15 is 0 Å². The first-order valence-corrected chi connectivity index (χ1v) is 5.06. The normalized spacial score (nSPS) is 9.24. The van der Waals surface area contributed by atoms with Gasteiger partial charge in [-0.1, -0.05) is 0 Å². The van der Waals surface area contributed by atoms with Crippen LogP contribution in [0.3, 0.4) is 0 Å². The third-order valence-corrected chi connectivity index (χ3v) is 2.14. The van der Waals surface area contributed by atoms with Crippen molar-refractivity contribution in [1.29, 1.82) is 0 Å². The molecule has 1 aromatic carbocycles. The summed E-state index contributed by atoms with van der Waals surface area (Å²) in [7, 11) is 0. The Labute approximate surface area is 100 Å². The molecule has 0 spiro atoms. The zero-order chi connectivity index (χ0) is 12.8. The molecule has 0 bridgehead atoms. The highest BCUT2D eigenvalue weighted by molar-refractivity contribution is 5.64. The van der Waals surface area contributed by atoms with Crippen molar-refractivity contribution >= 4 is 5.82 Å². The van der Waals surface area contributed by atoms with Crippen molar-refractivity contribution in [3.8, 4) is 17.0 Å². The first-order valence-electron chi connectivity index (χ1n) is 5.06. The van der Waals surface area contributed by atoms with Crippen molar-refractivity contribution in [2.24, 2.45) is 0 Å². The van der Waals surface area contributed by atoms with Crippen LogP contribution in [0.15, 0.2) is 43.5 Å². The number of rotatable bonds is 1. The van der Waals surface area contributed by atoms with E-state index in [1.54, 1.807) is 30.3 Å². The zero-order valence-electron chi connectivity index (χ0n) is 9.72. The molecule has 0 saturated carbocycles. The molecule has 4 nitrogen and oxygen atoms in total. The summed E-state index contributed by atoms with van der Waals surface area (Å²) >= 11 is 0. The van der Waals surface area contributed by atoms with Crippen molar-refractivity contribution in [3.05, 3.63) is 49.1 Å². The van der Waals surface area contributed by atoms with E-state index in [1.165, 1.54) is 0 Å². The fraction of sp³-hybridized carbons (Fsp3) is 0.0769. The van der Waals surface area contributed by atoms with Gasteiger partial charge < -0.3 is 10.8 Å². The van der Waals surface area contributed by atoms with E-state index in [4.69, 9.17) is 10.8 Å². The molecule has 2 rings (SSSR count). The highest BCUT2D eigenvalue weighted by atomic mass is 16.3. The number of nitrogen functional groups attached to an aromatic ring is 1. The molecule has 1 heterocycles. The maximum absolute atomic E-state index is 9.16. The van der Waals surface area contributed by atoms with Gasteiger partial charge in [-0.15, -0.1) is 23.4 Å². The summed E-state index contributed by atoms with van der Waals surface area (Å²) in [5.41, 5.74) is 8.18. The SMILES string of the molecule is C=C.Cc1cc(N)nnc1-c1ccc(O)cc1. The van der Waals surface area contributed by atoms with Crippen LogP contribution in [0.4, 0.5) is 5.82 Å². The third kappa shape index (κ3) is 3.04. The average Bonchev–Trinajstić information content (AvgIpc) is 2.33. The van der Waals surface area contributed by atoms with E-state index in [1.807, 2.05) is 6.92 Å². The minimum absolute atomic E-state index is 0.236. The van der Waals surface area contributed by atoms with E-state index in [2.05, 4.69) is 23.4 Å². The summed E-state index contributed by atoms with van der Waals surface area (Å²) in [4.78, 5) is 0. The van der Waals surface area contributed by atoms with Gasteiger partial charge in [0, 0.05) is 5.56 Å². The average molecular weight is 229 g/mol. The summed E-state index contributed by atoms with van der Waals surface area (Å²) in [5.74, 6) is 0.648. The quantitative estimate of drug-likeness (QED) is 0.737. The predicted octanol–water partition coefficient (Wildman–Crippen LogP) is 2.54. The Morgan fingerprint density at radius 2 is 1.71 bits per heavy atom. The van der Waals surface area contributed by atoms with Gasteiger partial charge >= 0.3 is 0 Å². The molecule has 1 aromatic heterocycles. The van der Waals surface area contributed by atoms with Crippen LogP contribution < -0.4 is 5.73 Å². The second kappa shape index (κ2) is 5.65. The maximum atomic E-state index is 9.16. The van der Waals surface area contributed by atoms with Gasteiger partial charge in [-0.3, -0.25) is 0 Å². The number of aromatic nitrogens is 2. The van der Waals surface area contributed by atoms with Crippen LogP contribution in [0.1, 0.15) is 5.56 Å². The lowest BCUT2D eigenvalue weighted by molar-refractivity contribution is 0.475. The molecule has 0 aliphatic heterocycles. The molecule has 0 saturated heterocycles. The molecule has 0 aliphatic rings. The van der Waals surface area contributed by atoms with Gasteiger partial charge in [0.25, 0.3) is 0 Å². The predicted molar refractivity (Wildman–Crippen MR) is 69.5 cm³/mol. The van der Waals surface area contributed by atoms with Crippen molar-refractivity contribution in [2.75, 3.05) is 5.73 Å². The van der Waals surface area contributed by atoms with Gasteiger partial charge in [0.1, 0.15) is 11.6 Å². The summed E-state index contributed by atoms with van der Waals surface area (Å²) in [6.45, 7) is 7.92. The lowest BCUT2D eigenvalue weighted by Gasteiger charge is -2.04. The molecule has 3 N–H and O–H groups in total. The van der Waals surface area contributed by atoms with Gasteiger partial charge in [-0.25, -0.2) is 0 Å². The topological polar surface area (TPSA) is 72.0 Å². The highest BCUT2D eigenvalue weighted by Crippen LogP contribution is 2.22. The van der Waals surface area contributed by atoms with Gasteiger partial charge in [0.15, 0.2) is 0 Å². The van der Waals surface area contributed by atoms with Crippen LogP contribution in [0.5, 0.6) is 5.75 Å². The summed E-state index contributed by atoms with van der Waals surface area (Å²) in [6.07, 6.45) is 0. The molecule has 0 amide bonds. The van der Waals surface area contributed by atoms with E-state index in [-0.39, 0.29) is 5.75 Å². The summed E-state index contributed by atoms with van der Waals surface area (Å²) in [5, 5.41) is 17.0. The van der Waals surface area contributed by atoms with E-state index < -0.39 is 0 Å². The molecule has 0 unspecified atom stereocenters. The Hall–Kier alpha value is -2.36. The fourth-order valence-corrected chi connectivity index (χ4v) is 1.41. The number of aryl methyl sites for hydroxylation is 1. The number of benzene rings is 1. The molecule has 0 atom stereocenters. The Morgan fingerprint density at radius 3 is 2.24 bits per heavy atom. The van der Waals surface area contributed by atoms with Crippen LogP contribution >= 0.6 is 0 Å². The lowest BCUT2D eigenvalue weighted by atomic mass is 10.1. The Balaban J connectivity index is 0.000000686. The fourth-order valence-electron chi connectivity index (χ4n) is 1.41. The van der Waals surface area contributed by atoms with E-state index in [9.17, 15) is 0 Å². The smallest absolute Gasteiger partial charge is 0.146 e. The van der Waals surface area contributed by atoms with Crippen molar-refractivity contribution in [1.82, 2.24) is 10.2 Å². The van der Waals surface area contributed by atoms with Crippen LogP contribution in [-0.4, -0.2) is 15.3 Å². The maximum Gasteiger partial charge on any atom is 0.146 e. The van der Waals surface area contributed by atoms with Crippen LogP contribution in [0, 0.1) is 6.92 Å².